The van der Waals surface area contributed by atoms with Crippen molar-refractivity contribution < 1.29 is 18.7 Å². The summed E-state index contributed by atoms with van der Waals surface area (Å²) >= 11 is 6.01. The van der Waals surface area contributed by atoms with E-state index in [0.29, 0.717) is 53.4 Å². The van der Waals surface area contributed by atoms with Crippen LogP contribution in [-0.2, 0) is 9.53 Å². The number of halogens is 1. The Hall–Kier alpha value is -3.48. The number of aromatic nitrogens is 3. The van der Waals surface area contributed by atoms with Crippen LogP contribution >= 0.6 is 39.0 Å². The number of rotatable bonds is 8. The highest BCUT2D eigenvalue weighted by Gasteiger charge is 2.34. The van der Waals surface area contributed by atoms with Gasteiger partial charge in [0.15, 0.2) is 15.1 Å². The summed E-state index contributed by atoms with van der Waals surface area (Å²) < 4.78 is 19.8. The van der Waals surface area contributed by atoms with Crippen molar-refractivity contribution in [1.29, 1.82) is 0 Å². The molecule has 1 aliphatic heterocycles. The van der Waals surface area contributed by atoms with Gasteiger partial charge in [-0.3, -0.25) is 9.36 Å². The molecule has 206 valence electrons. The molecule has 9 nitrogen and oxygen atoms in total. The summed E-state index contributed by atoms with van der Waals surface area (Å²) in [5.74, 6) is 0.663. The predicted molar refractivity (Wildman–Crippen MR) is 155 cm³/mol. The van der Waals surface area contributed by atoms with Gasteiger partial charge in [0, 0.05) is 18.5 Å². The van der Waals surface area contributed by atoms with Crippen LogP contribution < -0.4 is 19.6 Å². The summed E-state index contributed by atoms with van der Waals surface area (Å²) in [5.41, 5.74) is 1.26. The number of allylic oxidation sites excluding steroid dienone is 1. The molecule has 1 aromatic carbocycles. The number of ether oxygens (including phenoxy) is 2. The van der Waals surface area contributed by atoms with Crippen LogP contribution in [0.4, 0.5) is 0 Å². The first-order valence-electron chi connectivity index (χ1n) is 12.5. The lowest BCUT2D eigenvalue weighted by atomic mass is 9.96. The number of hydrogen-bond donors (Lipinski definition) is 0. The zero-order valence-electron chi connectivity index (χ0n) is 22.1. The van der Waals surface area contributed by atoms with E-state index >= 15 is 0 Å². The molecule has 0 N–H and O–H groups in total. The summed E-state index contributed by atoms with van der Waals surface area (Å²) in [5, 5.41) is 1.10. The SMILES string of the molecule is CCOc1ccc([C@H]2C(C(=O)OC(C)C)=C(C)N=c3s/c(=C\c4cc(Br)c(Sc5ncccn5)o4)c(=O)n32)cc1. The Morgan fingerprint density at radius 1 is 1.25 bits per heavy atom. The minimum atomic E-state index is -0.718. The van der Waals surface area contributed by atoms with E-state index in [1.54, 1.807) is 55.9 Å². The van der Waals surface area contributed by atoms with Crippen LogP contribution in [0.2, 0.25) is 0 Å². The molecule has 0 saturated heterocycles. The summed E-state index contributed by atoms with van der Waals surface area (Å²) in [6, 6.07) is 10.2. The third-order valence-corrected chi connectivity index (χ3v) is 8.48. The molecule has 0 fully saturated rings. The number of furan rings is 1. The number of carbonyl (C=O) groups excluding carboxylic acids is 1. The number of carbonyl (C=O) groups is 1. The number of fused-ring (bicyclic) bond motifs is 1. The van der Waals surface area contributed by atoms with Gasteiger partial charge in [0.05, 0.1) is 39.0 Å². The van der Waals surface area contributed by atoms with E-state index in [2.05, 4.69) is 30.9 Å². The molecular weight excluding hydrogens is 616 g/mol. The minimum Gasteiger partial charge on any atom is -0.494 e. The zero-order valence-corrected chi connectivity index (χ0v) is 25.3. The summed E-state index contributed by atoms with van der Waals surface area (Å²) in [7, 11) is 0. The molecule has 0 radical (unpaired) electrons. The Kier molecular flexibility index (Phi) is 8.38. The Morgan fingerprint density at radius 3 is 2.65 bits per heavy atom. The van der Waals surface area contributed by atoms with E-state index in [0.717, 1.165) is 5.56 Å². The molecule has 0 spiro atoms. The largest absolute Gasteiger partial charge is 0.494 e. The lowest BCUT2D eigenvalue weighted by molar-refractivity contribution is -0.143. The van der Waals surface area contributed by atoms with Crippen molar-refractivity contribution in [3.05, 3.63) is 95.5 Å². The molecule has 1 atom stereocenters. The fourth-order valence-corrected chi connectivity index (χ4v) is 6.41. The van der Waals surface area contributed by atoms with Gasteiger partial charge in [0.2, 0.25) is 0 Å². The summed E-state index contributed by atoms with van der Waals surface area (Å²) in [6.07, 6.45) is 4.65. The third-order valence-electron chi connectivity index (χ3n) is 5.77. The Labute approximate surface area is 246 Å². The van der Waals surface area contributed by atoms with Gasteiger partial charge in [-0.2, -0.15) is 0 Å². The molecule has 12 heteroatoms. The second-order valence-corrected chi connectivity index (χ2v) is 11.8. The first-order chi connectivity index (χ1) is 19.2. The molecule has 1 aliphatic rings. The van der Waals surface area contributed by atoms with Gasteiger partial charge < -0.3 is 13.9 Å². The van der Waals surface area contributed by atoms with E-state index in [9.17, 15) is 9.59 Å². The maximum Gasteiger partial charge on any atom is 0.338 e. The molecule has 5 rings (SSSR count). The van der Waals surface area contributed by atoms with Gasteiger partial charge in [0.25, 0.3) is 5.56 Å². The fraction of sp³-hybridized carbons (Fsp3) is 0.250. The zero-order chi connectivity index (χ0) is 28.4. The molecule has 0 aliphatic carbocycles. The first kappa shape index (κ1) is 28.1. The Balaban J connectivity index is 1.60. The number of esters is 1. The van der Waals surface area contributed by atoms with Crippen LogP contribution in [-0.4, -0.2) is 33.2 Å². The van der Waals surface area contributed by atoms with Gasteiger partial charge in [-0.15, -0.1) is 0 Å². The number of hydrogen-bond acceptors (Lipinski definition) is 10. The number of thiazole rings is 1. The smallest absolute Gasteiger partial charge is 0.338 e. The average Bonchev–Trinajstić information content (AvgIpc) is 3.41. The highest BCUT2D eigenvalue weighted by Crippen LogP contribution is 2.35. The van der Waals surface area contributed by atoms with Crippen LogP contribution in [0.15, 0.2) is 89.0 Å². The van der Waals surface area contributed by atoms with Gasteiger partial charge in [-0.25, -0.2) is 19.8 Å². The van der Waals surface area contributed by atoms with Crippen molar-refractivity contribution in [2.45, 2.75) is 50.1 Å². The van der Waals surface area contributed by atoms with E-state index in [1.807, 2.05) is 31.2 Å². The highest BCUT2D eigenvalue weighted by atomic mass is 79.9. The highest BCUT2D eigenvalue weighted by molar-refractivity contribution is 9.10. The molecule has 4 aromatic rings. The summed E-state index contributed by atoms with van der Waals surface area (Å²) in [6.45, 7) is 7.77. The van der Waals surface area contributed by atoms with Crippen molar-refractivity contribution in [2.75, 3.05) is 6.61 Å². The lowest BCUT2D eigenvalue weighted by Crippen LogP contribution is -2.40. The second kappa shape index (κ2) is 11.9. The third kappa shape index (κ3) is 5.84. The van der Waals surface area contributed by atoms with Crippen molar-refractivity contribution in [3.8, 4) is 5.75 Å². The molecule has 0 amide bonds. The monoisotopic (exact) mass is 640 g/mol. The van der Waals surface area contributed by atoms with Crippen molar-refractivity contribution in [2.24, 2.45) is 4.99 Å². The second-order valence-electron chi connectivity index (χ2n) is 8.96. The number of benzene rings is 1. The van der Waals surface area contributed by atoms with Gasteiger partial charge in [-0.1, -0.05) is 23.5 Å². The maximum absolute atomic E-state index is 13.9. The van der Waals surface area contributed by atoms with Crippen LogP contribution in [0.5, 0.6) is 5.75 Å². The summed E-state index contributed by atoms with van der Waals surface area (Å²) in [4.78, 5) is 40.7. The van der Waals surface area contributed by atoms with Gasteiger partial charge in [-0.05, 0) is 85.2 Å². The first-order valence-corrected chi connectivity index (χ1v) is 14.9. The Bertz CT molecular complexity index is 1760. The van der Waals surface area contributed by atoms with Gasteiger partial charge in [0.1, 0.15) is 11.5 Å². The molecular formula is C28H25BrN4O5S2. The van der Waals surface area contributed by atoms with Crippen molar-refractivity contribution >= 4 is 51.1 Å². The van der Waals surface area contributed by atoms with Crippen LogP contribution in [0.3, 0.4) is 0 Å². The molecule has 0 unspecified atom stereocenters. The molecule has 4 heterocycles. The fourth-order valence-electron chi connectivity index (χ4n) is 4.15. The predicted octanol–water partition coefficient (Wildman–Crippen LogP) is 4.88. The molecule has 0 saturated carbocycles. The van der Waals surface area contributed by atoms with Gasteiger partial charge >= 0.3 is 5.97 Å². The topological polar surface area (TPSA) is 109 Å². The minimum absolute atomic E-state index is 0.293. The van der Waals surface area contributed by atoms with E-state index in [-0.39, 0.29) is 11.7 Å². The quantitative estimate of drug-likeness (QED) is 0.198. The van der Waals surface area contributed by atoms with Crippen LogP contribution in [0.1, 0.15) is 45.1 Å². The van der Waals surface area contributed by atoms with E-state index < -0.39 is 12.0 Å². The molecule has 40 heavy (non-hydrogen) atoms. The lowest BCUT2D eigenvalue weighted by Gasteiger charge is -2.25. The standard InChI is InChI=1S/C28H25BrN4O5S2/c1-5-36-18-9-7-17(8-10-18)23-22(25(35)37-15(2)3)16(4)32-28-33(23)24(34)21(39-28)14-19-13-20(29)26(38-19)40-27-30-11-6-12-31-27/h6-15,23H,5H2,1-4H3/b21-14-/t23-/m0/s1. The van der Waals surface area contributed by atoms with Crippen LogP contribution in [0, 0.1) is 0 Å². The van der Waals surface area contributed by atoms with E-state index in [4.69, 9.17) is 13.9 Å². The van der Waals surface area contributed by atoms with Crippen LogP contribution in [0.25, 0.3) is 6.08 Å². The Morgan fingerprint density at radius 2 is 1.98 bits per heavy atom. The van der Waals surface area contributed by atoms with E-state index in [1.165, 1.54) is 23.1 Å². The molecule has 3 aromatic heterocycles. The number of nitrogens with zero attached hydrogens (tertiary/aromatic N) is 4. The normalized spacial score (nSPS) is 15.2. The molecule has 0 bridgehead atoms. The van der Waals surface area contributed by atoms with Crippen molar-refractivity contribution in [1.82, 2.24) is 14.5 Å². The maximum atomic E-state index is 13.9. The average molecular weight is 642 g/mol. The van der Waals surface area contributed by atoms with Crippen molar-refractivity contribution in [3.63, 3.8) is 0 Å².